The molecule has 1 aliphatic carbocycles. The van der Waals surface area contributed by atoms with Crippen molar-refractivity contribution in [2.45, 2.75) is 51.7 Å². The van der Waals surface area contributed by atoms with Crippen LogP contribution >= 0.6 is 11.3 Å². The summed E-state index contributed by atoms with van der Waals surface area (Å²) >= 11 is 1.78. The van der Waals surface area contributed by atoms with Gasteiger partial charge in [0.15, 0.2) is 5.96 Å². The van der Waals surface area contributed by atoms with Crippen LogP contribution in [0.2, 0.25) is 0 Å². The van der Waals surface area contributed by atoms with E-state index < -0.39 is 0 Å². The molecule has 0 spiro atoms. The van der Waals surface area contributed by atoms with Crippen LogP contribution in [0.4, 0.5) is 0 Å². The van der Waals surface area contributed by atoms with Gasteiger partial charge in [-0.2, -0.15) is 11.3 Å². The minimum Gasteiger partial charge on any atom is -0.477 e. The van der Waals surface area contributed by atoms with Gasteiger partial charge >= 0.3 is 0 Å². The third kappa shape index (κ3) is 6.71. The van der Waals surface area contributed by atoms with E-state index in [4.69, 9.17) is 9.73 Å². The topological polar surface area (TPSA) is 61.8 Å². The van der Waals surface area contributed by atoms with Gasteiger partial charge < -0.3 is 15.4 Å². The number of nitrogens with zero attached hydrogens (tertiary/aromatic N) is 3. The Labute approximate surface area is 183 Å². The number of thiophene rings is 1. The van der Waals surface area contributed by atoms with Crippen LogP contribution in [0.1, 0.15) is 43.7 Å². The fourth-order valence-corrected chi connectivity index (χ4v) is 4.34. The molecule has 162 valence electrons. The quantitative estimate of drug-likeness (QED) is 0.472. The number of aliphatic imine (C=N–C) groups is 1. The van der Waals surface area contributed by atoms with Crippen molar-refractivity contribution in [2.24, 2.45) is 10.9 Å². The lowest BCUT2D eigenvalue weighted by molar-refractivity contribution is 0.198. The minimum atomic E-state index is 0.469. The average molecular weight is 428 g/mol. The summed E-state index contributed by atoms with van der Waals surface area (Å²) in [5, 5.41) is 11.4. The first-order chi connectivity index (χ1) is 14.8. The first-order valence-electron chi connectivity index (χ1n) is 11.1. The molecule has 1 saturated carbocycles. The summed E-state index contributed by atoms with van der Waals surface area (Å²) < 4.78 is 5.80. The number of guanidine groups is 1. The minimum absolute atomic E-state index is 0.469. The first kappa shape index (κ1) is 21.1. The maximum Gasteiger partial charge on any atom is 0.213 e. The SMILES string of the molecule is CCNC(=NCc1ccnc(OCC2CC2)c1)NC1CCN(Cc2ccsc2)CC1. The molecule has 0 amide bonds. The van der Waals surface area contributed by atoms with Gasteiger partial charge in [-0.15, -0.1) is 0 Å². The number of piperidine rings is 1. The highest BCUT2D eigenvalue weighted by atomic mass is 32.1. The van der Waals surface area contributed by atoms with Crippen LogP contribution in [0.5, 0.6) is 5.88 Å². The first-order valence-corrected chi connectivity index (χ1v) is 12.1. The predicted molar refractivity (Wildman–Crippen MR) is 123 cm³/mol. The smallest absolute Gasteiger partial charge is 0.213 e. The summed E-state index contributed by atoms with van der Waals surface area (Å²) in [4.78, 5) is 11.7. The second kappa shape index (κ2) is 10.8. The number of ether oxygens (including phenoxy) is 1. The molecule has 3 heterocycles. The Morgan fingerprint density at radius 3 is 2.83 bits per heavy atom. The van der Waals surface area contributed by atoms with Crippen molar-refractivity contribution in [1.82, 2.24) is 20.5 Å². The third-order valence-corrected chi connectivity index (χ3v) is 6.37. The maximum absolute atomic E-state index is 5.80. The largest absolute Gasteiger partial charge is 0.477 e. The van der Waals surface area contributed by atoms with E-state index >= 15 is 0 Å². The Morgan fingerprint density at radius 2 is 2.10 bits per heavy atom. The number of hydrogen-bond donors (Lipinski definition) is 2. The van der Waals surface area contributed by atoms with Gasteiger partial charge in [-0.1, -0.05) is 0 Å². The van der Waals surface area contributed by atoms with Crippen LogP contribution < -0.4 is 15.4 Å². The monoisotopic (exact) mass is 427 g/mol. The molecular formula is C23H33N5OS. The highest BCUT2D eigenvalue weighted by Crippen LogP contribution is 2.29. The van der Waals surface area contributed by atoms with Crippen molar-refractivity contribution in [1.29, 1.82) is 0 Å². The standard InChI is InChI=1S/C23H33N5OS/c1-2-24-23(26-14-19-5-9-25-22(13-19)29-16-18-3-4-18)27-21-6-10-28(11-7-21)15-20-8-12-30-17-20/h5,8-9,12-13,17-18,21H,2-4,6-7,10-11,14-16H2,1H3,(H2,24,26,27). The molecule has 0 atom stereocenters. The van der Waals surface area contributed by atoms with E-state index in [2.05, 4.69) is 44.3 Å². The number of pyridine rings is 1. The zero-order chi connectivity index (χ0) is 20.6. The fraction of sp³-hybridized carbons (Fsp3) is 0.565. The van der Waals surface area contributed by atoms with Gasteiger partial charge in [-0.25, -0.2) is 9.98 Å². The number of rotatable bonds is 9. The number of aromatic nitrogens is 1. The summed E-state index contributed by atoms with van der Waals surface area (Å²) in [6, 6.07) is 6.72. The van der Waals surface area contributed by atoms with E-state index in [1.54, 1.807) is 11.3 Å². The van der Waals surface area contributed by atoms with Crippen LogP contribution in [0.3, 0.4) is 0 Å². The molecule has 2 N–H and O–H groups in total. The Balaban J connectivity index is 1.26. The molecule has 7 heteroatoms. The summed E-state index contributed by atoms with van der Waals surface area (Å²) in [5.41, 5.74) is 2.55. The van der Waals surface area contributed by atoms with Gasteiger partial charge in [0.1, 0.15) is 0 Å². The Kier molecular flexibility index (Phi) is 7.59. The molecule has 1 saturated heterocycles. The molecule has 0 unspecified atom stereocenters. The van der Waals surface area contributed by atoms with Gasteiger partial charge in [-0.3, -0.25) is 4.90 Å². The third-order valence-electron chi connectivity index (χ3n) is 5.64. The van der Waals surface area contributed by atoms with Crippen molar-refractivity contribution in [3.8, 4) is 5.88 Å². The van der Waals surface area contributed by atoms with E-state index in [1.807, 2.05) is 18.3 Å². The average Bonchev–Trinajstić information content (AvgIpc) is 3.47. The number of hydrogen-bond acceptors (Lipinski definition) is 5. The van der Waals surface area contributed by atoms with Crippen molar-refractivity contribution < 1.29 is 4.74 Å². The van der Waals surface area contributed by atoms with Crippen molar-refractivity contribution in [3.05, 3.63) is 46.3 Å². The normalized spacial score (nSPS) is 18.4. The van der Waals surface area contributed by atoms with Crippen molar-refractivity contribution in [3.63, 3.8) is 0 Å². The van der Waals surface area contributed by atoms with Crippen LogP contribution in [0.25, 0.3) is 0 Å². The molecule has 0 bridgehead atoms. The molecule has 2 aromatic rings. The molecule has 2 aliphatic rings. The molecule has 2 fully saturated rings. The Bertz CT molecular complexity index is 798. The zero-order valence-electron chi connectivity index (χ0n) is 17.8. The van der Waals surface area contributed by atoms with Gasteiger partial charge in [0.05, 0.1) is 13.2 Å². The van der Waals surface area contributed by atoms with Crippen LogP contribution in [0.15, 0.2) is 40.1 Å². The molecule has 30 heavy (non-hydrogen) atoms. The summed E-state index contributed by atoms with van der Waals surface area (Å²) in [5.74, 6) is 2.34. The van der Waals surface area contributed by atoms with E-state index in [0.29, 0.717) is 18.5 Å². The second-order valence-electron chi connectivity index (χ2n) is 8.28. The highest BCUT2D eigenvalue weighted by molar-refractivity contribution is 7.07. The number of nitrogens with one attached hydrogen (secondary N) is 2. The lowest BCUT2D eigenvalue weighted by Crippen LogP contribution is -2.48. The fourth-order valence-electron chi connectivity index (χ4n) is 3.68. The molecule has 0 aromatic carbocycles. The molecule has 1 aliphatic heterocycles. The van der Waals surface area contributed by atoms with Gasteiger partial charge in [0.2, 0.25) is 5.88 Å². The van der Waals surface area contributed by atoms with E-state index in [0.717, 1.165) is 63.1 Å². The van der Waals surface area contributed by atoms with E-state index in [9.17, 15) is 0 Å². The van der Waals surface area contributed by atoms with Crippen LogP contribution in [-0.2, 0) is 13.1 Å². The van der Waals surface area contributed by atoms with Crippen molar-refractivity contribution in [2.75, 3.05) is 26.2 Å². The molecule has 2 aromatic heterocycles. The van der Waals surface area contributed by atoms with Gasteiger partial charge in [0.25, 0.3) is 0 Å². The van der Waals surface area contributed by atoms with Crippen LogP contribution in [0, 0.1) is 5.92 Å². The molecule has 4 rings (SSSR count). The Hall–Kier alpha value is -2.12. The summed E-state index contributed by atoms with van der Waals surface area (Å²) in [7, 11) is 0. The van der Waals surface area contributed by atoms with Crippen molar-refractivity contribution >= 4 is 17.3 Å². The summed E-state index contributed by atoms with van der Waals surface area (Å²) in [6.07, 6.45) is 6.67. The lowest BCUT2D eigenvalue weighted by Gasteiger charge is -2.33. The molecule has 6 nitrogen and oxygen atoms in total. The lowest BCUT2D eigenvalue weighted by atomic mass is 10.0. The Morgan fingerprint density at radius 1 is 1.23 bits per heavy atom. The molecule has 0 radical (unpaired) electrons. The van der Waals surface area contributed by atoms with Gasteiger partial charge in [0, 0.05) is 44.5 Å². The highest BCUT2D eigenvalue weighted by Gasteiger charge is 2.22. The zero-order valence-corrected chi connectivity index (χ0v) is 18.7. The van der Waals surface area contributed by atoms with E-state index in [1.165, 1.54) is 18.4 Å². The van der Waals surface area contributed by atoms with Gasteiger partial charge in [-0.05, 0) is 72.5 Å². The second-order valence-corrected chi connectivity index (χ2v) is 9.06. The predicted octanol–water partition coefficient (Wildman–Crippen LogP) is 3.65. The maximum atomic E-state index is 5.80. The van der Waals surface area contributed by atoms with E-state index in [-0.39, 0.29) is 0 Å². The number of likely N-dealkylation sites (tertiary alicyclic amines) is 1. The summed E-state index contributed by atoms with van der Waals surface area (Å²) in [6.45, 7) is 7.69. The van der Waals surface area contributed by atoms with Crippen LogP contribution in [-0.4, -0.2) is 48.1 Å². The molecular weight excluding hydrogens is 394 g/mol.